The van der Waals surface area contributed by atoms with Crippen molar-refractivity contribution in [1.82, 2.24) is 4.98 Å². The molecule has 3 rings (SSSR count). The van der Waals surface area contributed by atoms with Gasteiger partial charge in [0.25, 0.3) is 0 Å². The van der Waals surface area contributed by atoms with E-state index in [0.29, 0.717) is 16.9 Å². The van der Waals surface area contributed by atoms with E-state index >= 15 is 0 Å². The van der Waals surface area contributed by atoms with Gasteiger partial charge in [-0.2, -0.15) is 0 Å². The molecular weight excluding hydrogens is 272 g/mol. The lowest BCUT2D eigenvalue weighted by atomic mass is 10.0. The third-order valence-electron chi connectivity index (χ3n) is 3.44. The number of anilines is 1. The van der Waals surface area contributed by atoms with Gasteiger partial charge in [-0.3, -0.25) is 5.84 Å². The minimum absolute atomic E-state index is 0.191. The zero-order chi connectivity index (χ0) is 15.0. The topological polar surface area (TPSA) is 50.9 Å². The van der Waals surface area contributed by atoms with Crippen LogP contribution in [0.3, 0.4) is 0 Å². The molecule has 0 saturated heterocycles. The number of halogens is 2. The second kappa shape index (κ2) is 5.10. The molecule has 1 heterocycles. The van der Waals surface area contributed by atoms with Crippen molar-refractivity contribution in [2.24, 2.45) is 5.84 Å². The first kappa shape index (κ1) is 13.5. The van der Waals surface area contributed by atoms with Crippen molar-refractivity contribution < 1.29 is 8.78 Å². The van der Waals surface area contributed by atoms with Crippen LogP contribution in [0, 0.1) is 18.6 Å². The average Bonchev–Trinajstić information content (AvgIpc) is 2.48. The summed E-state index contributed by atoms with van der Waals surface area (Å²) in [7, 11) is 0. The average molecular weight is 285 g/mol. The van der Waals surface area contributed by atoms with E-state index in [1.807, 2.05) is 30.3 Å². The maximum Gasteiger partial charge on any atom is 0.137 e. The molecule has 0 unspecified atom stereocenters. The molecule has 0 radical (unpaired) electrons. The first-order chi connectivity index (χ1) is 10.1. The van der Waals surface area contributed by atoms with Crippen molar-refractivity contribution in [2.75, 3.05) is 5.43 Å². The van der Waals surface area contributed by atoms with Crippen LogP contribution in [0.25, 0.3) is 22.2 Å². The Labute approximate surface area is 120 Å². The minimum Gasteiger partial charge on any atom is -0.323 e. The first-order valence-corrected chi connectivity index (χ1v) is 6.43. The zero-order valence-electron chi connectivity index (χ0n) is 11.3. The van der Waals surface area contributed by atoms with Gasteiger partial charge in [0.1, 0.15) is 11.6 Å². The smallest absolute Gasteiger partial charge is 0.137 e. The number of hydrogen-bond acceptors (Lipinski definition) is 3. The third kappa shape index (κ3) is 2.21. The Kier molecular flexibility index (Phi) is 3.27. The Morgan fingerprint density at radius 3 is 2.48 bits per heavy atom. The molecule has 0 aliphatic heterocycles. The summed E-state index contributed by atoms with van der Waals surface area (Å²) >= 11 is 0. The molecule has 3 aromatic rings. The Balaban J connectivity index is 2.41. The molecule has 0 amide bonds. The Morgan fingerprint density at radius 1 is 1.10 bits per heavy atom. The van der Waals surface area contributed by atoms with E-state index in [0.717, 1.165) is 11.6 Å². The van der Waals surface area contributed by atoms with E-state index in [1.165, 1.54) is 6.07 Å². The molecule has 0 bridgehead atoms. The van der Waals surface area contributed by atoms with Gasteiger partial charge in [0.2, 0.25) is 0 Å². The number of nitrogens with zero attached hydrogens (tertiary/aromatic N) is 1. The van der Waals surface area contributed by atoms with Gasteiger partial charge >= 0.3 is 0 Å². The van der Waals surface area contributed by atoms with Gasteiger partial charge in [0.15, 0.2) is 0 Å². The fraction of sp³-hybridized carbons (Fsp3) is 0.0625. The van der Waals surface area contributed by atoms with Crippen LogP contribution in [-0.2, 0) is 0 Å². The number of hydrogen-bond donors (Lipinski definition) is 2. The fourth-order valence-corrected chi connectivity index (χ4v) is 2.46. The summed E-state index contributed by atoms with van der Waals surface area (Å²) in [6, 6.07) is 11.4. The highest BCUT2D eigenvalue weighted by atomic mass is 19.1. The number of nitrogens with two attached hydrogens (primary N) is 1. The van der Waals surface area contributed by atoms with Crippen molar-refractivity contribution in [3.8, 4) is 11.3 Å². The predicted molar refractivity (Wildman–Crippen MR) is 79.6 cm³/mol. The molecule has 5 heteroatoms. The lowest BCUT2D eigenvalue weighted by molar-refractivity contribution is 0.591. The molecule has 0 saturated carbocycles. The molecule has 0 aliphatic rings. The van der Waals surface area contributed by atoms with E-state index in [1.54, 1.807) is 6.92 Å². The molecule has 0 atom stereocenters. The van der Waals surface area contributed by atoms with E-state index in [-0.39, 0.29) is 10.9 Å². The molecule has 3 nitrogen and oxygen atoms in total. The minimum atomic E-state index is -0.687. The maximum atomic E-state index is 14.0. The van der Waals surface area contributed by atoms with E-state index in [4.69, 9.17) is 5.84 Å². The van der Waals surface area contributed by atoms with E-state index in [2.05, 4.69) is 10.4 Å². The van der Waals surface area contributed by atoms with Gasteiger partial charge < -0.3 is 5.43 Å². The Hall–Kier alpha value is -2.53. The van der Waals surface area contributed by atoms with E-state index in [9.17, 15) is 8.78 Å². The van der Waals surface area contributed by atoms with Gasteiger partial charge in [0.05, 0.1) is 22.3 Å². The van der Waals surface area contributed by atoms with Gasteiger partial charge in [-0.05, 0) is 6.92 Å². The molecule has 2 aromatic carbocycles. The summed E-state index contributed by atoms with van der Waals surface area (Å²) in [6.07, 6.45) is 0. The highest BCUT2D eigenvalue weighted by Gasteiger charge is 2.16. The van der Waals surface area contributed by atoms with Crippen LogP contribution in [0.5, 0.6) is 0 Å². The Morgan fingerprint density at radius 2 is 1.81 bits per heavy atom. The normalized spacial score (nSPS) is 10.9. The van der Waals surface area contributed by atoms with Crippen LogP contribution in [0.4, 0.5) is 14.5 Å². The number of benzene rings is 2. The van der Waals surface area contributed by atoms with Crippen LogP contribution in [0.15, 0.2) is 42.5 Å². The summed E-state index contributed by atoms with van der Waals surface area (Å²) in [6.45, 7) is 1.80. The zero-order valence-corrected chi connectivity index (χ0v) is 11.3. The van der Waals surface area contributed by atoms with Gasteiger partial charge in [-0.15, -0.1) is 0 Å². The second-order valence-corrected chi connectivity index (χ2v) is 4.75. The maximum absolute atomic E-state index is 14.0. The van der Waals surface area contributed by atoms with Gasteiger partial charge in [-0.1, -0.05) is 30.3 Å². The van der Waals surface area contributed by atoms with Crippen LogP contribution >= 0.6 is 0 Å². The monoisotopic (exact) mass is 285 g/mol. The molecule has 106 valence electrons. The molecule has 3 N–H and O–H groups in total. The molecule has 1 aromatic heterocycles. The molecular formula is C16H13F2N3. The van der Waals surface area contributed by atoms with Crippen LogP contribution < -0.4 is 11.3 Å². The summed E-state index contributed by atoms with van der Waals surface area (Å²) in [4.78, 5) is 4.40. The van der Waals surface area contributed by atoms with Crippen molar-refractivity contribution in [3.05, 3.63) is 59.7 Å². The number of fused-ring (bicyclic) bond motifs is 1. The van der Waals surface area contributed by atoms with Crippen molar-refractivity contribution in [3.63, 3.8) is 0 Å². The molecule has 0 spiro atoms. The van der Waals surface area contributed by atoms with E-state index < -0.39 is 11.6 Å². The Bertz CT molecular complexity index is 817. The summed E-state index contributed by atoms with van der Waals surface area (Å²) in [5, 5.41) is 0.191. The van der Waals surface area contributed by atoms with Gasteiger partial charge in [0, 0.05) is 23.3 Å². The number of aromatic nitrogens is 1. The molecule has 0 aliphatic carbocycles. The van der Waals surface area contributed by atoms with Crippen LogP contribution in [0.1, 0.15) is 5.56 Å². The number of nitrogen functional groups attached to an aromatic ring is 1. The summed E-state index contributed by atoms with van der Waals surface area (Å²) < 4.78 is 27.5. The first-order valence-electron chi connectivity index (χ1n) is 6.43. The van der Waals surface area contributed by atoms with Crippen molar-refractivity contribution in [2.45, 2.75) is 6.92 Å². The lowest BCUT2D eigenvalue weighted by Crippen LogP contribution is -2.11. The van der Waals surface area contributed by atoms with Crippen LogP contribution in [0.2, 0.25) is 0 Å². The second-order valence-electron chi connectivity index (χ2n) is 4.75. The molecule has 0 fully saturated rings. The third-order valence-corrected chi connectivity index (χ3v) is 3.44. The SMILES string of the molecule is Cc1c(-c2ccccc2)nc2cc(F)cc(F)c2c1NN. The lowest BCUT2D eigenvalue weighted by Gasteiger charge is -2.14. The van der Waals surface area contributed by atoms with Gasteiger partial charge in [-0.25, -0.2) is 13.8 Å². The quantitative estimate of drug-likeness (QED) is 0.556. The predicted octanol–water partition coefficient (Wildman–Crippen LogP) is 3.77. The summed E-state index contributed by atoms with van der Waals surface area (Å²) in [5.41, 5.74) is 5.36. The van der Waals surface area contributed by atoms with Crippen molar-refractivity contribution >= 4 is 16.6 Å². The number of rotatable bonds is 2. The number of hydrazine groups is 1. The van der Waals surface area contributed by atoms with Crippen molar-refractivity contribution in [1.29, 1.82) is 0 Å². The standard InChI is InChI=1S/C16H13F2N3/c1-9-15(10-5-3-2-4-6-10)20-13-8-11(17)7-12(18)14(13)16(9)21-19/h2-8H,19H2,1H3,(H,20,21). The largest absolute Gasteiger partial charge is 0.323 e. The number of nitrogens with one attached hydrogen (secondary N) is 1. The van der Waals surface area contributed by atoms with Crippen LogP contribution in [-0.4, -0.2) is 4.98 Å². The fourth-order valence-electron chi connectivity index (χ4n) is 2.46. The highest BCUT2D eigenvalue weighted by Crippen LogP contribution is 2.34. The highest BCUT2D eigenvalue weighted by molar-refractivity contribution is 5.96. The number of pyridine rings is 1. The summed E-state index contributed by atoms with van der Waals surface area (Å²) in [5.74, 6) is 4.18. The molecule has 21 heavy (non-hydrogen) atoms.